The molecule has 2 heterocycles. The third-order valence-corrected chi connectivity index (χ3v) is 14.2. The van der Waals surface area contributed by atoms with Crippen molar-refractivity contribution in [3.8, 4) is 22.3 Å². The molecule has 0 fully saturated rings. The van der Waals surface area contributed by atoms with E-state index in [1.165, 1.54) is 75.0 Å². The number of carboxylic acids is 1. The molecule has 0 radical (unpaired) electrons. The van der Waals surface area contributed by atoms with E-state index in [0.717, 1.165) is 25.4 Å². The number of hydrogen-bond donors (Lipinski definition) is 3. The highest BCUT2D eigenvalue weighted by atomic mass is 35.5. The van der Waals surface area contributed by atoms with Gasteiger partial charge in [0.05, 0.1) is 34.5 Å². The van der Waals surface area contributed by atoms with Gasteiger partial charge >= 0.3 is 18.2 Å². The zero-order valence-corrected chi connectivity index (χ0v) is 45.6. The number of rotatable bonds is 16. The van der Waals surface area contributed by atoms with Crippen molar-refractivity contribution in [3.63, 3.8) is 0 Å². The molecular weight excluding hydrogens is 1030 g/mol. The molecular formula is C46H61Cl2F2N9O11S2. The standard InChI is InChI=1S/C24H33ClFN5O5S.C22H28ClFN4O6S/c1-15-20(16-9-10-18(25)19(13-16)37(34,35)30(7)8)21(22(32)29(5)6)31(28-15)14-17(26)11-12-27-23(33)36-24(2,3)4;1-13-18(14-7-8-16(23)17(11-14)35(32,33)27(5)6)19(20(29)30)28(26-13)12-15(24)9-10-25-21(31)34-22(2,3)4/h9-11,13H,12,14H2,1-8H3,(H,27,33);7-9,11H,10,12H2,1-6H3,(H,25,31)(H,29,30)/b17-11-;15-9-. The summed E-state index contributed by atoms with van der Waals surface area (Å²) in [6, 6.07) is 8.45. The summed E-state index contributed by atoms with van der Waals surface area (Å²) in [4.78, 5) is 49.7. The minimum atomic E-state index is -3.91. The number of aromatic nitrogens is 4. The van der Waals surface area contributed by atoms with Crippen molar-refractivity contribution >= 4 is 67.3 Å². The highest BCUT2D eigenvalue weighted by Gasteiger charge is 2.29. The summed E-state index contributed by atoms with van der Waals surface area (Å²) in [7, 11) is 0.751. The van der Waals surface area contributed by atoms with Crippen molar-refractivity contribution in [1.82, 2.24) is 43.7 Å². The maximum absolute atomic E-state index is 14.8. The van der Waals surface area contributed by atoms with E-state index in [4.69, 9.17) is 32.7 Å². The van der Waals surface area contributed by atoms with Gasteiger partial charge in [-0.15, -0.1) is 0 Å². The average Bonchev–Trinajstić information content (AvgIpc) is 3.73. The third kappa shape index (κ3) is 16.0. The Hall–Kier alpha value is -5.92. The van der Waals surface area contributed by atoms with Crippen molar-refractivity contribution in [2.45, 2.75) is 89.5 Å². The minimum Gasteiger partial charge on any atom is -0.477 e. The molecule has 0 atom stereocenters. The Labute approximate surface area is 428 Å². The fourth-order valence-electron chi connectivity index (χ4n) is 6.37. The number of amides is 3. The number of benzene rings is 2. The van der Waals surface area contributed by atoms with Crippen LogP contribution in [0.25, 0.3) is 22.3 Å². The average molecular weight is 1090 g/mol. The second-order valence-corrected chi connectivity index (χ2v) is 23.4. The van der Waals surface area contributed by atoms with Crippen molar-refractivity contribution in [2.75, 3.05) is 55.4 Å². The van der Waals surface area contributed by atoms with Crippen LogP contribution in [0.5, 0.6) is 0 Å². The summed E-state index contributed by atoms with van der Waals surface area (Å²) in [6.07, 6.45) is 0.796. The smallest absolute Gasteiger partial charge is 0.407 e. The number of allylic oxidation sites excluding steroid dienone is 2. The number of aromatic carboxylic acids is 1. The van der Waals surface area contributed by atoms with Crippen LogP contribution in [0.1, 0.15) is 73.9 Å². The van der Waals surface area contributed by atoms with Crippen molar-refractivity contribution < 1.29 is 59.4 Å². The number of aryl methyl sites for hydroxylation is 2. The van der Waals surface area contributed by atoms with Gasteiger partial charge in [-0.25, -0.2) is 48.6 Å². The lowest BCUT2D eigenvalue weighted by Gasteiger charge is -2.19. The van der Waals surface area contributed by atoms with Crippen LogP contribution < -0.4 is 10.6 Å². The SMILES string of the molecule is Cc1nn(C/C(F)=C/CNC(=O)OC(C)(C)C)c(C(=O)N(C)C)c1-c1ccc(Cl)c(S(=O)(=O)N(C)C)c1.Cc1nn(C/C(F)=C/CNC(=O)OC(C)(C)C)c(C(=O)O)c1-c1ccc(Cl)c(S(=O)(=O)N(C)C)c1. The molecule has 2 aromatic heterocycles. The van der Waals surface area contributed by atoms with Gasteiger partial charge in [0.15, 0.2) is 5.69 Å². The fraction of sp³-hybridized carbons (Fsp3) is 0.435. The first-order valence-electron chi connectivity index (χ1n) is 21.7. The van der Waals surface area contributed by atoms with Crippen LogP contribution in [-0.2, 0) is 42.6 Å². The first-order valence-corrected chi connectivity index (χ1v) is 25.3. The van der Waals surface area contributed by atoms with E-state index in [2.05, 4.69) is 20.8 Å². The number of alkyl carbamates (subject to hydrolysis) is 2. The Balaban J connectivity index is 0.000000381. The van der Waals surface area contributed by atoms with Crippen LogP contribution >= 0.6 is 23.2 Å². The van der Waals surface area contributed by atoms with Crippen LogP contribution in [0.15, 0.2) is 70.0 Å². The topological polar surface area (TPSA) is 245 Å². The van der Waals surface area contributed by atoms with Crippen molar-refractivity contribution in [1.29, 1.82) is 0 Å². The van der Waals surface area contributed by atoms with Crippen LogP contribution in [-0.4, -0.2) is 146 Å². The lowest BCUT2D eigenvalue weighted by atomic mass is 10.0. The van der Waals surface area contributed by atoms with E-state index in [-0.39, 0.29) is 67.7 Å². The quantitative estimate of drug-likeness (QED) is 0.0976. The van der Waals surface area contributed by atoms with Gasteiger partial charge in [-0.3, -0.25) is 14.2 Å². The first-order chi connectivity index (χ1) is 33.0. The summed E-state index contributed by atoms with van der Waals surface area (Å²) >= 11 is 12.3. The number of carbonyl (C=O) groups is 4. The molecule has 0 bridgehead atoms. The predicted octanol–water partition coefficient (Wildman–Crippen LogP) is 7.68. The lowest BCUT2D eigenvalue weighted by molar-refractivity contribution is 0.0522. The molecule has 20 nitrogen and oxygen atoms in total. The van der Waals surface area contributed by atoms with Gasteiger partial charge in [0, 0.05) is 66.5 Å². The number of carboxylic acid groups (broad SMARTS) is 1. The molecule has 0 aliphatic rings. The molecule has 0 aliphatic carbocycles. The van der Waals surface area contributed by atoms with Crippen molar-refractivity contribution in [2.24, 2.45) is 0 Å². The van der Waals surface area contributed by atoms with Gasteiger partial charge in [0.1, 0.15) is 38.3 Å². The molecule has 0 unspecified atom stereocenters. The largest absolute Gasteiger partial charge is 0.477 e. The number of hydrogen-bond acceptors (Lipinski definition) is 12. The molecule has 0 spiro atoms. The maximum atomic E-state index is 14.8. The zero-order valence-electron chi connectivity index (χ0n) is 42.4. The third-order valence-electron chi connectivity index (χ3n) is 9.56. The summed E-state index contributed by atoms with van der Waals surface area (Å²) in [6.45, 7) is 12.1. The monoisotopic (exact) mass is 1090 g/mol. The molecule has 3 N–H and O–H groups in total. The Morgan fingerprint density at radius 3 is 1.33 bits per heavy atom. The lowest BCUT2D eigenvalue weighted by Crippen LogP contribution is -2.32. The van der Waals surface area contributed by atoms with E-state index in [9.17, 15) is 49.9 Å². The molecule has 2 aromatic carbocycles. The number of ether oxygens (including phenoxy) is 2. The van der Waals surface area contributed by atoms with Gasteiger partial charge in [0.2, 0.25) is 20.0 Å². The predicted molar refractivity (Wildman–Crippen MR) is 268 cm³/mol. The van der Waals surface area contributed by atoms with E-state index < -0.39 is 73.5 Å². The maximum Gasteiger partial charge on any atom is 0.407 e. The molecule has 26 heteroatoms. The first kappa shape index (κ1) is 60.4. The van der Waals surface area contributed by atoms with E-state index in [1.807, 2.05) is 0 Å². The second-order valence-electron chi connectivity index (χ2n) is 18.4. The number of nitrogens with zero attached hydrogens (tertiary/aromatic N) is 7. The highest BCUT2D eigenvalue weighted by molar-refractivity contribution is 7.89. The van der Waals surface area contributed by atoms with Gasteiger partial charge in [-0.1, -0.05) is 35.3 Å². The van der Waals surface area contributed by atoms with Crippen LogP contribution in [0.3, 0.4) is 0 Å². The summed E-state index contributed by atoms with van der Waals surface area (Å²) in [5.74, 6) is -3.23. The fourth-order valence-corrected chi connectivity index (χ4v) is 9.16. The normalized spacial score (nSPS) is 12.6. The summed E-state index contributed by atoms with van der Waals surface area (Å²) < 4.78 is 94.5. The Morgan fingerprint density at radius 1 is 0.667 bits per heavy atom. The summed E-state index contributed by atoms with van der Waals surface area (Å²) in [5, 5.41) is 23.1. The minimum absolute atomic E-state index is 0.0226. The zero-order chi connectivity index (χ0) is 55.0. The van der Waals surface area contributed by atoms with E-state index >= 15 is 0 Å². The molecule has 0 saturated carbocycles. The Morgan fingerprint density at radius 2 is 1.01 bits per heavy atom. The second kappa shape index (κ2) is 24.2. The van der Waals surface area contributed by atoms with E-state index in [1.54, 1.807) is 68.6 Å². The van der Waals surface area contributed by atoms with Crippen LogP contribution in [0.4, 0.5) is 18.4 Å². The van der Waals surface area contributed by atoms with Crippen LogP contribution in [0.2, 0.25) is 10.0 Å². The molecule has 4 rings (SSSR count). The molecule has 3 amide bonds. The molecule has 0 saturated heterocycles. The van der Waals surface area contributed by atoms with Crippen molar-refractivity contribution in [3.05, 3.63) is 93.0 Å². The Bertz CT molecular complexity index is 2980. The number of halogens is 4. The molecule has 0 aliphatic heterocycles. The number of carbonyl (C=O) groups excluding carboxylic acids is 3. The number of sulfonamides is 2. The number of nitrogens with one attached hydrogen (secondary N) is 2. The van der Waals surface area contributed by atoms with Gasteiger partial charge in [0.25, 0.3) is 5.91 Å². The van der Waals surface area contributed by atoms with Crippen LogP contribution in [0, 0.1) is 13.8 Å². The van der Waals surface area contributed by atoms with Gasteiger partial charge in [-0.05, 0) is 103 Å². The van der Waals surface area contributed by atoms with E-state index in [0.29, 0.717) is 16.8 Å². The Kier molecular flexibility index (Phi) is 20.3. The summed E-state index contributed by atoms with van der Waals surface area (Å²) in [5.41, 5.74) is 0.0842. The van der Waals surface area contributed by atoms with Gasteiger partial charge < -0.3 is 30.1 Å². The molecule has 396 valence electrons. The molecule has 72 heavy (non-hydrogen) atoms. The van der Waals surface area contributed by atoms with Gasteiger partial charge in [-0.2, -0.15) is 10.2 Å². The molecule has 4 aromatic rings. The highest BCUT2D eigenvalue weighted by Crippen LogP contribution is 2.36.